The van der Waals surface area contributed by atoms with Crippen LogP contribution in [0.3, 0.4) is 0 Å². The summed E-state index contributed by atoms with van der Waals surface area (Å²) in [5, 5.41) is 2.88. The SMILES string of the molecule is Cc1cccc(NC(=O)N2CCN(C(=O)CCN3C(=O)c4ccc(C)cc4C3=O)CC2)c1. The Hall–Kier alpha value is -3.68. The van der Waals surface area contributed by atoms with Crippen LogP contribution in [-0.4, -0.2) is 71.2 Å². The van der Waals surface area contributed by atoms with Crippen molar-refractivity contribution in [3.63, 3.8) is 0 Å². The molecule has 1 fully saturated rings. The quantitative estimate of drug-likeness (QED) is 0.749. The summed E-state index contributed by atoms with van der Waals surface area (Å²) in [5.74, 6) is -0.828. The summed E-state index contributed by atoms with van der Waals surface area (Å²) in [4.78, 5) is 54.7. The number of hydrogen-bond acceptors (Lipinski definition) is 4. The van der Waals surface area contributed by atoms with Gasteiger partial charge in [0.1, 0.15) is 0 Å². The van der Waals surface area contributed by atoms with E-state index in [1.807, 2.05) is 38.1 Å². The summed E-state index contributed by atoms with van der Waals surface area (Å²) in [5.41, 5.74) is 3.50. The molecule has 0 saturated carbocycles. The number of anilines is 1. The Morgan fingerprint density at radius 3 is 2.22 bits per heavy atom. The van der Waals surface area contributed by atoms with Gasteiger partial charge in [0.15, 0.2) is 0 Å². The fourth-order valence-corrected chi connectivity index (χ4v) is 4.06. The lowest BCUT2D eigenvalue weighted by Crippen LogP contribution is -2.52. The van der Waals surface area contributed by atoms with Crippen molar-refractivity contribution in [3.8, 4) is 0 Å². The van der Waals surface area contributed by atoms with E-state index in [4.69, 9.17) is 0 Å². The van der Waals surface area contributed by atoms with Gasteiger partial charge in [0.25, 0.3) is 11.8 Å². The Morgan fingerprint density at radius 2 is 1.50 bits per heavy atom. The highest BCUT2D eigenvalue weighted by molar-refractivity contribution is 6.21. The van der Waals surface area contributed by atoms with Crippen molar-refractivity contribution >= 4 is 29.4 Å². The van der Waals surface area contributed by atoms with Crippen molar-refractivity contribution < 1.29 is 19.2 Å². The highest BCUT2D eigenvalue weighted by Gasteiger charge is 2.36. The number of aryl methyl sites for hydroxylation is 2. The molecule has 0 aliphatic carbocycles. The minimum Gasteiger partial charge on any atom is -0.339 e. The predicted octanol–water partition coefficient (Wildman–Crippen LogP) is 2.67. The Bertz CT molecular complexity index is 1090. The van der Waals surface area contributed by atoms with Crippen LogP contribution in [0.1, 0.15) is 38.3 Å². The average molecular weight is 434 g/mol. The molecule has 2 aliphatic rings. The van der Waals surface area contributed by atoms with Crippen LogP contribution < -0.4 is 5.32 Å². The van der Waals surface area contributed by atoms with Gasteiger partial charge in [-0.25, -0.2) is 4.79 Å². The molecule has 0 atom stereocenters. The van der Waals surface area contributed by atoms with Crippen molar-refractivity contribution in [1.29, 1.82) is 0 Å². The summed E-state index contributed by atoms with van der Waals surface area (Å²) in [6.45, 7) is 5.57. The Balaban J connectivity index is 1.27. The van der Waals surface area contributed by atoms with Crippen molar-refractivity contribution in [2.24, 2.45) is 0 Å². The third kappa shape index (κ3) is 4.34. The van der Waals surface area contributed by atoms with E-state index in [0.717, 1.165) is 21.7 Å². The van der Waals surface area contributed by atoms with E-state index in [-0.39, 0.29) is 36.7 Å². The van der Waals surface area contributed by atoms with Gasteiger partial charge in [0, 0.05) is 44.8 Å². The summed E-state index contributed by atoms with van der Waals surface area (Å²) in [6.07, 6.45) is 0.0694. The van der Waals surface area contributed by atoms with Gasteiger partial charge in [-0.15, -0.1) is 0 Å². The van der Waals surface area contributed by atoms with Crippen molar-refractivity contribution in [2.75, 3.05) is 38.0 Å². The standard InChI is InChI=1S/C24H26N4O4/c1-16-4-3-5-18(14-16)25-24(32)27-12-10-26(11-13-27)21(29)8-9-28-22(30)19-7-6-17(2)15-20(19)23(28)31/h3-7,14-15H,8-13H2,1-2H3,(H,25,32). The number of fused-ring (bicyclic) bond motifs is 1. The van der Waals surface area contributed by atoms with Gasteiger partial charge in [-0.2, -0.15) is 0 Å². The molecule has 0 spiro atoms. The van der Waals surface area contributed by atoms with Crippen LogP contribution in [0, 0.1) is 13.8 Å². The fourth-order valence-electron chi connectivity index (χ4n) is 4.06. The zero-order valence-corrected chi connectivity index (χ0v) is 18.3. The molecule has 2 aliphatic heterocycles. The van der Waals surface area contributed by atoms with E-state index in [2.05, 4.69) is 5.32 Å². The molecule has 2 aromatic rings. The van der Waals surface area contributed by atoms with Crippen LogP contribution in [0.5, 0.6) is 0 Å². The second-order valence-corrected chi connectivity index (χ2v) is 8.23. The molecular weight excluding hydrogens is 408 g/mol. The highest BCUT2D eigenvalue weighted by atomic mass is 16.2. The van der Waals surface area contributed by atoms with Gasteiger partial charge in [-0.3, -0.25) is 19.3 Å². The summed E-state index contributed by atoms with van der Waals surface area (Å²) in [6, 6.07) is 12.6. The van der Waals surface area contributed by atoms with Gasteiger partial charge >= 0.3 is 6.03 Å². The van der Waals surface area contributed by atoms with Gasteiger partial charge in [-0.05, 0) is 43.7 Å². The zero-order chi connectivity index (χ0) is 22.8. The van der Waals surface area contributed by atoms with E-state index in [1.54, 1.807) is 28.0 Å². The Kier molecular flexibility index (Phi) is 5.94. The molecular formula is C24H26N4O4. The van der Waals surface area contributed by atoms with Gasteiger partial charge in [0.05, 0.1) is 11.1 Å². The fraction of sp³-hybridized carbons (Fsp3) is 0.333. The average Bonchev–Trinajstić information content (AvgIpc) is 3.01. The number of hydrogen-bond donors (Lipinski definition) is 1. The molecule has 8 nitrogen and oxygen atoms in total. The van der Waals surface area contributed by atoms with Crippen LogP contribution in [0.4, 0.5) is 10.5 Å². The molecule has 8 heteroatoms. The summed E-state index contributed by atoms with van der Waals surface area (Å²) < 4.78 is 0. The van der Waals surface area contributed by atoms with Crippen LogP contribution in [-0.2, 0) is 4.79 Å². The van der Waals surface area contributed by atoms with E-state index >= 15 is 0 Å². The van der Waals surface area contributed by atoms with E-state index in [9.17, 15) is 19.2 Å². The normalized spacial score (nSPS) is 15.8. The van der Waals surface area contributed by atoms with E-state index in [1.165, 1.54) is 0 Å². The third-order valence-corrected chi connectivity index (χ3v) is 5.86. The first-order valence-corrected chi connectivity index (χ1v) is 10.7. The number of rotatable bonds is 4. The topological polar surface area (TPSA) is 90.0 Å². The van der Waals surface area contributed by atoms with Gasteiger partial charge in [-0.1, -0.05) is 23.8 Å². The summed E-state index contributed by atoms with van der Waals surface area (Å²) >= 11 is 0. The lowest BCUT2D eigenvalue weighted by molar-refractivity contribution is -0.132. The minimum atomic E-state index is -0.351. The molecule has 0 radical (unpaired) electrons. The molecule has 2 aromatic carbocycles. The lowest BCUT2D eigenvalue weighted by Gasteiger charge is -2.35. The number of imide groups is 1. The number of urea groups is 1. The number of carbonyl (C=O) groups is 4. The predicted molar refractivity (Wildman–Crippen MR) is 120 cm³/mol. The maximum absolute atomic E-state index is 12.7. The first-order chi connectivity index (χ1) is 15.3. The van der Waals surface area contributed by atoms with Crippen molar-refractivity contribution in [2.45, 2.75) is 20.3 Å². The monoisotopic (exact) mass is 434 g/mol. The van der Waals surface area contributed by atoms with E-state index in [0.29, 0.717) is 37.3 Å². The van der Waals surface area contributed by atoms with Crippen LogP contribution in [0.2, 0.25) is 0 Å². The zero-order valence-electron chi connectivity index (χ0n) is 18.3. The number of amides is 5. The van der Waals surface area contributed by atoms with Crippen molar-refractivity contribution in [1.82, 2.24) is 14.7 Å². The number of benzene rings is 2. The van der Waals surface area contributed by atoms with Crippen LogP contribution >= 0.6 is 0 Å². The minimum absolute atomic E-state index is 0.0539. The molecule has 4 rings (SSSR count). The number of nitrogens with one attached hydrogen (secondary N) is 1. The van der Waals surface area contributed by atoms with Crippen molar-refractivity contribution in [3.05, 3.63) is 64.7 Å². The maximum atomic E-state index is 12.7. The molecule has 32 heavy (non-hydrogen) atoms. The first-order valence-electron chi connectivity index (χ1n) is 10.7. The molecule has 1 saturated heterocycles. The molecule has 1 N–H and O–H groups in total. The van der Waals surface area contributed by atoms with Crippen LogP contribution in [0.25, 0.3) is 0 Å². The first kappa shape index (κ1) is 21.5. The molecule has 166 valence electrons. The van der Waals surface area contributed by atoms with Gasteiger partial charge in [0.2, 0.25) is 5.91 Å². The molecule has 2 heterocycles. The number of piperazine rings is 1. The van der Waals surface area contributed by atoms with Crippen LogP contribution in [0.15, 0.2) is 42.5 Å². The molecule has 5 amide bonds. The van der Waals surface area contributed by atoms with E-state index < -0.39 is 0 Å². The second-order valence-electron chi connectivity index (χ2n) is 8.23. The molecule has 0 aromatic heterocycles. The number of nitrogens with zero attached hydrogens (tertiary/aromatic N) is 3. The molecule has 0 unspecified atom stereocenters. The Labute approximate surface area is 186 Å². The summed E-state index contributed by atoms with van der Waals surface area (Å²) in [7, 11) is 0. The lowest BCUT2D eigenvalue weighted by atomic mass is 10.1. The van der Waals surface area contributed by atoms with Gasteiger partial charge < -0.3 is 15.1 Å². The smallest absolute Gasteiger partial charge is 0.321 e. The Morgan fingerprint density at radius 1 is 0.844 bits per heavy atom. The number of carbonyl (C=O) groups excluding carboxylic acids is 4. The highest BCUT2D eigenvalue weighted by Crippen LogP contribution is 2.24. The second kappa shape index (κ2) is 8.82. The molecule has 0 bridgehead atoms. The maximum Gasteiger partial charge on any atom is 0.321 e. The third-order valence-electron chi connectivity index (χ3n) is 5.86. The largest absolute Gasteiger partial charge is 0.339 e.